The molecule has 0 spiro atoms. The maximum Gasteiger partial charge on any atom is 0.277 e. The second kappa shape index (κ2) is 5.61. The van der Waals surface area contributed by atoms with Crippen molar-refractivity contribution in [2.24, 2.45) is 0 Å². The number of amides is 1. The Morgan fingerprint density at radius 3 is 2.81 bits per heavy atom. The Bertz CT molecular complexity index is 659. The number of hydrogen-bond donors (Lipinski definition) is 2. The van der Waals surface area contributed by atoms with Gasteiger partial charge in [-0.3, -0.25) is 15.2 Å². The van der Waals surface area contributed by atoms with E-state index in [1.165, 1.54) is 17.8 Å². The van der Waals surface area contributed by atoms with E-state index in [0.717, 1.165) is 17.5 Å². The van der Waals surface area contributed by atoms with Crippen LogP contribution in [0.5, 0.6) is 0 Å². The number of rotatable bonds is 2. The predicted octanol–water partition coefficient (Wildman–Crippen LogP) is 2.79. The van der Waals surface area contributed by atoms with Crippen LogP contribution in [-0.4, -0.2) is 28.0 Å². The lowest BCUT2D eigenvalue weighted by atomic mass is 10.00. The zero-order valence-corrected chi connectivity index (χ0v) is 13.1. The summed E-state index contributed by atoms with van der Waals surface area (Å²) in [7, 11) is 0. The molecule has 1 aliphatic heterocycles. The number of pyridine rings is 1. The van der Waals surface area contributed by atoms with E-state index in [-0.39, 0.29) is 5.91 Å². The summed E-state index contributed by atoms with van der Waals surface area (Å²) in [5, 5.41) is 2.06. The fourth-order valence-corrected chi connectivity index (χ4v) is 3.90. The number of nitrogen functional groups attached to an aromatic ring is 1. The highest BCUT2D eigenvalue weighted by Gasteiger charge is 2.27. The summed E-state index contributed by atoms with van der Waals surface area (Å²) >= 11 is 1.40. The minimum absolute atomic E-state index is 0.129. The zero-order valence-electron chi connectivity index (χ0n) is 12.3. The van der Waals surface area contributed by atoms with Crippen LogP contribution >= 0.6 is 11.3 Å². The van der Waals surface area contributed by atoms with Crippen molar-refractivity contribution in [3.05, 3.63) is 23.2 Å². The first-order valence-electron chi connectivity index (χ1n) is 7.30. The lowest BCUT2D eigenvalue weighted by Crippen LogP contribution is -2.54. The Kier molecular flexibility index (Phi) is 3.82. The summed E-state index contributed by atoms with van der Waals surface area (Å²) in [6.07, 6.45) is 5.12. The van der Waals surface area contributed by atoms with Gasteiger partial charge in [-0.25, -0.2) is 5.01 Å². The van der Waals surface area contributed by atoms with Crippen LogP contribution in [0.2, 0.25) is 0 Å². The maximum atomic E-state index is 12.5. The van der Waals surface area contributed by atoms with Crippen molar-refractivity contribution in [1.82, 2.24) is 15.4 Å². The number of nitrogens with one attached hydrogen (secondary N) is 1. The highest BCUT2D eigenvalue weighted by molar-refractivity contribution is 7.21. The molecule has 1 saturated heterocycles. The first-order valence-corrected chi connectivity index (χ1v) is 8.12. The second-order valence-electron chi connectivity index (χ2n) is 5.67. The molecule has 3 heterocycles. The lowest BCUT2D eigenvalue weighted by Gasteiger charge is -2.38. The molecule has 2 aromatic heterocycles. The number of thiophene rings is 1. The molecule has 6 heteroatoms. The van der Waals surface area contributed by atoms with Crippen LogP contribution in [-0.2, 0) is 0 Å². The fraction of sp³-hybridized carbons (Fsp3) is 0.467. The molecular weight excluding hydrogens is 284 g/mol. The van der Waals surface area contributed by atoms with Gasteiger partial charge in [0.25, 0.3) is 5.91 Å². The van der Waals surface area contributed by atoms with E-state index in [1.54, 1.807) is 6.20 Å². The number of piperidine rings is 1. The number of carbonyl (C=O) groups is 1. The van der Waals surface area contributed by atoms with Gasteiger partial charge < -0.3 is 5.73 Å². The van der Waals surface area contributed by atoms with Gasteiger partial charge in [-0.05, 0) is 38.8 Å². The quantitative estimate of drug-likeness (QED) is 0.895. The van der Waals surface area contributed by atoms with Crippen LogP contribution in [0.15, 0.2) is 18.3 Å². The number of nitrogens with two attached hydrogens (primary N) is 1. The van der Waals surface area contributed by atoms with Crippen LogP contribution < -0.4 is 11.2 Å². The lowest BCUT2D eigenvalue weighted by molar-refractivity contribution is 0.0373. The standard InChI is InChI=1S/C15H20N4OS/c1-9-5-3-6-10(2)19(9)18-15(20)14-12(16)13-11(21-14)7-4-8-17-13/h4,7-10H,3,5-6,16H2,1-2H3,(H,18,20). The van der Waals surface area contributed by atoms with Gasteiger partial charge in [0.2, 0.25) is 0 Å². The van der Waals surface area contributed by atoms with Gasteiger partial charge in [-0.15, -0.1) is 11.3 Å². The number of anilines is 1. The normalized spacial score (nSPS) is 23.3. The Labute approximate surface area is 128 Å². The molecule has 1 amide bonds. The first kappa shape index (κ1) is 14.3. The minimum Gasteiger partial charge on any atom is -0.396 e. The highest BCUT2D eigenvalue weighted by Crippen LogP contribution is 2.32. The summed E-state index contributed by atoms with van der Waals surface area (Å²) in [6.45, 7) is 4.29. The molecule has 0 bridgehead atoms. The molecule has 0 aromatic carbocycles. The summed E-state index contributed by atoms with van der Waals surface area (Å²) in [6, 6.07) is 4.50. The topological polar surface area (TPSA) is 71.2 Å². The monoisotopic (exact) mass is 304 g/mol. The number of hydrazine groups is 1. The van der Waals surface area contributed by atoms with Crippen molar-refractivity contribution in [1.29, 1.82) is 0 Å². The van der Waals surface area contributed by atoms with Gasteiger partial charge in [0, 0.05) is 18.3 Å². The third kappa shape index (κ3) is 2.61. The molecule has 0 aliphatic carbocycles. The summed E-state index contributed by atoms with van der Waals surface area (Å²) in [4.78, 5) is 17.3. The third-order valence-electron chi connectivity index (χ3n) is 4.11. The van der Waals surface area contributed by atoms with Crippen LogP contribution in [0.3, 0.4) is 0 Å². The maximum absolute atomic E-state index is 12.5. The third-order valence-corrected chi connectivity index (χ3v) is 5.27. The van der Waals surface area contributed by atoms with Gasteiger partial charge >= 0.3 is 0 Å². The summed E-state index contributed by atoms with van der Waals surface area (Å²) < 4.78 is 0.944. The minimum atomic E-state index is -0.129. The van der Waals surface area contributed by atoms with Crippen molar-refractivity contribution in [3.8, 4) is 0 Å². The van der Waals surface area contributed by atoms with E-state index in [4.69, 9.17) is 5.73 Å². The van der Waals surface area contributed by atoms with E-state index in [2.05, 4.69) is 29.3 Å². The van der Waals surface area contributed by atoms with Crippen molar-refractivity contribution < 1.29 is 4.79 Å². The Morgan fingerprint density at radius 1 is 1.43 bits per heavy atom. The molecule has 3 rings (SSSR count). The molecule has 0 radical (unpaired) electrons. The van der Waals surface area contributed by atoms with Crippen molar-refractivity contribution in [2.45, 2.75) is 45.2 Å². The zero-order chi connectivity index (χ0) is 15.0. The second-order valence-corrected chi connectivity index (χ2v) is 6.72. The molecule has 0 saturated carbocycles. The number of hydrogen-bond acceptors (Lipinski definition) is 5. The van der Waals surface area contributed by atoms with Crippen molar-refractivity contribution >= 4 is 33.1 Å². The Morgan fingerprint density at radius 2 is 2.14 bits per heavy atom. The molecular formula is C15H20N4OS. The molecule has 2 aromatic rings. The van der Waals surface area contributed by atoms with E-state index < -0.39 is 0 Å². The van der Waals surface area contributed by atoms with Crippen molar-refractivity contribution in [3.63, 3.8) is 0 Å². The van der Waals surface area contributed by atoms with E-state index >= 15 is 0 Å². The molecule has 112 valence electrons. The van der Waals surface area contributed by atoms with E-state index in [0.29, 0.717) is 28.2 Å². The van der Waals surface area contributed by atoms with Crippen LogP contribution in [0.25, 0.3) is 10.2 Å². The number of nitrogens with zero attached hydrogens (tertiary/aromatic N) is 2. The Balaban J connectivity index is 1.85. The smallest absolute Gasteiger partial charge is 0.277 e. The van der Waals surface area contributed by atoms with Crippen molar-refractivity contribution in [2.75, 3.05) is 5.73 Å². The summed E-state index contributed by atoms with van der Waals surface area (Å²) in [5.41, 5.74) is 10.3. The van der Waals surface area contributed by atoms with Gasteiger partial charge in [0.15, 0.2) is 0 Å². The molecule has 1 aliphatic rings. The SMILES string of the molecule is CC1CCCC(C)N1NC(=O)c1sc2cccnc2c1N. The molecule has 2 unspecified atom stereocenters. The van der Waals surface area contributed by atoms with Gasteiger partial charge in [0.1, 0.15) is 10.4 Å². The number of aromatic nitrogens is 1. The number of carbonyl (C=O) groups excluding carboxylic acids is 1. The fourth-order valence-electron chi connectivity index (χ4n) is 2.93. The summed E-state index contributed by atoms with van der Waals surface area (Å²) in [5.74, 6) is -0.129. The molecule has 2 atom stereocenters. The van der Waals surface area contributed by atoms with E-state index in [9.17, 15) is 4.79 Å². The average Bonchev–Trinajstić information content (AvgIpc) is 2.81. The average molecular weight is 304 g/mol. The molecule has 21 heavy (non-hydrogen) atoms. The predicted molar refractivity (Wildman–Crippen MR) is 86.1 cm³/mol. The largest absolute Gasteiger partial charge is 0.396 e. The van der Waals surface area contributed by atoms with Gasteiger partial charge in [-0.2, -0.15) is 0 Å². The molecule has 5 nitrogen and oxygen atoms in total. The van der Waals surface area contributed by atoms with Crippen LogP contribution in [0, 0.1) is 0 Å². The number of fused-ring (bicyclic) bond motifs is 1. The Hall–Kier alpha value is -1.66. The molecule has 1 fully saturated rings. The van der Waals surface area contributed by atoms with E-state index in [1.807, 2.05) is 12.1 Å². The first-order chi connectivity index (χ1) is 10.1. The van der Waals surface area contributed by atoms with Crippen LogP contribution in [0.4, 0.5) is 5.69 Å². The highest BCUT2D eigenvalue weighted by atomic mass is 32.1. The molecule has 3 N–H and O–H groups in total. The van der Waals surface area contributed by atoms with Gasteiger partial charge in [0.05, 0.1) is 10.4 Å². The van der Waals surface area contributed by atoms with Crippen LogP contribution in [0.1, 0.15) is 42.8 Å². The van der Waals surface area contributed by atoms with Gasteiger partial charge in [-0.1, -0.05) is 6.42 Å².